The van der Waals surface area contributed by atoms with Gasteiger partial charge in [-0.1, -0.05) is 30.3 Å². The summed E-state index contributed by atoms with van der Waals surface area (Å²) in [4.78, 5) is 26.7. The first-order chi connectivity index (χ1) is 9.68. The molecular weight excluding hydrogens is 254 g/mol. The van der Waals surface area contributed by atoms with Gasteiger partial charge in [0.25, 0.3) is 0 Å². The van der Waals surface area contributed by atoms with E-state index in [0.29, 0.717) is 0 Å². The summed E-state index contributed by atoms with van der Waals surface area (Å²) in [6.45, 7) is 1.93. The summed E-state index contributed by atoms with van der Waals surface area (Å²) in [5.74, 6) is -0.535. The van der Waals surface area contributed by atoms with Crippen LogP contribution in [0.25, 0.3) is 0 Å². The normalized spacial score (nSPS) is 36.5. The molecule has 3 unspecified atom stereocenters. The van der Waals surface area contributed by atoms with Crippen molar-refractivity contribution in [3.05, 3.63) is 35.9 Å². The van der Waals surface area contributed by atoms with Gasteiger partial charge in [-0.2, -0.15) is 0 Å². The lowest BCUT2D eigenvalue weighted by Gasteiger charge is -2.25. The minimum atomic E-state index is -0.229. The average Bonchev–Trinajstić information content (AvgIpc) is 3.14. The molecule has 0 saturated carbocycles. The quantitative estimate of drug-likeness (QED) is 0.772. The van der Waals surface area contributed by atoms with Gasteiger partial charge in [0.05, 0.1) is 30.1 Å². The molecule has 1 aromatic carbocycles. The molecule has 0 aliphatic carbocycles. The van der Waals surface area contributed by atoms with Crippen LogP contribution in [0.2, 0.25) is 0 Å². The van der Waals surface area contributed by atoms with E-state index in [4.69, 9.17) is 4.74 Å². The first kappa shape index (κ1) is 12.1. The molecular formula is C16H17NO3. The second-order valence-corrected chi connectivity index (χ2v) is 5.98. The second kappa shape index (κ2) is 4.16. The topological polar surface area (TPSA) is 46.6 Å². The molecule has 0 radical (unpaired) electrons. The number of carbonyl (C=O) groups is 2. The highest BCUT2D eigenvalue weighted by atomic mass is 16.5. The highest BCUT2D eigenvalue weighted by Crippen LogP contribution is 2.50. The monoisotopic (exact) mass is 271 g/mol. The van der Waals surface area contributed by atoms with Crippen LogP contribution in [0.4, 0.5) is 0 Å². The second-order valence-electron chi connectivity index (χ2n) is 5.98. The number of imide groups is 1. The smallest absolute Gasteiger partial charge is 0.236 e. The number of rotatable bonds is 2. The standard InChI is InChI=1S/C16H17NO3/c1-9(10-5-3-2-4-6-10)17-15(18)13-11-7-8-12(20-11)14(13)16(17)19/h2-6,9,11-14H,7-8H2,1H3/t9-,11?,12?,13-,14?/m1/s1. The molecule has 3 aliphatic heterocycles. The minimum absolute atomic E-state index is 0.0329. The molecule has 3 saturated heterocycles. The Bertz CT molecular complexity index is 542. The predicted octanol–water partition coefficient (Wildman–Crippen LogP) is 1.91. The molecule has 104 valence electrons. The Kier molecular flexibility index (Phi) is 2.51. The summed E-state index contributed by atoms with van der Waals surface area (Å²) in [5.41, 5.74) is 1.00. The van der Waals surface area contributed by atoms with Gasteiger partial charge >= 0.3 is 0 Å². The van der Waals surface area contributed by atoms with E-state index in [9.17, 15) is 9.59 Å². The van der Waals surface area contributed by atoms with Gasteiger partial charge in [-0.3, -0.25) is 14.5 Å². The number of fused-ring (bicyclic) bond motifs is 5. The fourth-order valence-corrected chi connectivity index (χ4v) is 4.00. The third-order valence-corrected chi connectivity index (χ3v) is 4.99. The molecule has 4 nitrogen and oxygen atoms in total. The van der Waals surface area contributed by atoms with Gasteiger partial charge in [0, 0.05) is 0 Å². The fourth-order valence-electron chi connectivity index (χ4n) is 4.00. The molecule has 3 heterocycles. The Morgan fingerprint density at radius 1 is 1.05 bits per heavy atom. The summed E-state index contributed by atoms with van der Waals surface area (Å²) in [5, 5.41) is 0. The Morgan fingerprint density at radius 2 is 1.60 bits per heavy atom. The Balaban J connectivity index is 1.67. The van der Waals surface area contributed by atoms with E-state index in [1.165, 1.54) is 4.90 Å². The van der Waals surface area contributed by atoms with Gasteiger partial charge in [0.1, 0.15) is 0 Å². The van der Waals surface area contributed by atoms with E-state index in [1.807, 2.05) is 37.3 Å². The van der Waals surface area contributed by atoms with Crippen LogP contribution in [0.15, 0.2) is 30.3 Å². The molecule has 20 heavy (non-hydrogen) atoms. The first-order valence-electron chi connectivity index (χ1n) is 7.26. The van der Waals surface area contributed by atoms with Crippen LogP contribution in [0.1, 0.15) is 31.4 Å². The van der Waals surface area contributed by atoms with E-state index < -0.39 is 0 Å². The lowest BCUT2D eigenvalue weighted by atomic mass is 9.81. The van der Waals surface area contributed by atoms with Gasteiger partial charge in [-0.05, 0) is 25.3 Å². The summed E-state index contributed by atoms with van der Waals surface area (Å²) < 4.78 is 5.75. The van der Waals surface area contributed by atoms with E-state index in [-0.39, 0.29) is 41.9 Å². The maximum Gasteiger partial charge on any atom is 0.236 e. The molecule has 5 atom stereocenters. The van der Waals surface area contributed by atoms with Crippen molar-refractivity contribution in [1.82, 2.24) is 4.90 Å². The highest BCUT2D eigenvalue weighted by molar-refractivity contribution is 6.06. The predicted molar refractivity (Wildman–Crippen MR) is 71.6 cm³/mol. The van der Waals surface area contributed by atoms with Gasteiger partial charge in [-0.15, -0.1) is 0 Å². The highest BCUT2D eigenvalue weighted by Gasteiger charge is 2.62. The number of hydrogen-bond acceptors (Lipinski definition) is 3. The van der Waals surface area contributed by atoms with Crippen LogP contribution in [-0.2, 0) is 14.3 Å². The van der Waals surface area contributed by atoms with Crippen molar-refractivity contribution >= 4 is 11.8 Å². The minimum Gasteiger partial charge on any atom is -0.373 e. The number of ether oxygens (including phenoxy) is 1. The molecule has 4 rings (SSSR count). The van der Waals surface area contributed by atoms with Crippen LogP contribution in [0, 0.1) is 11.8 Å². The SMILES string of the molecule is C[C@H](c1ccccc1)N1C(=O)C2C3CCC(O3)[C@H]2C1=O. The van der Waals surface area contributed by atoms with E-state index in [2.05, 4.69) is 0 Å². The summed E-state index contributed by atoms with van der Waals surface area (Å²) in [7, 11) is 0. The molecule has 4 heteroatoms. The van der Waals surface area contributed by atoms with Crippen molar-refractivity contribution in [2.75, 3.05) is 0 Å². The summed E-state index contributed by atoms with van der Waals surface area (Å²) >= 11 is 0. The van der Waals surface area contributed by atoms with Crippen molar-refractivity contribution in [3.63, 3.8) is 0 Å². The zero-order chi connectivity index (χ0) is 13.9. The molecule has 0 N–H and O–H groups in total. The van der Waals surface area contributed by atoms with Crippen molar-refractivity contribution in [1.29, 1.82) is 0 Å². The molecule has 2 amide bonds. The third-order valence-electron chi connectivity index (χ3n) is 4.99. The zero-order valence-electron chi connectivity index (χ0n) is 11.4. The molecule has 0 aromatic heterocycles. The molecule has 3 fully saturated rings. The van der Waals surface area contributed by atoms with Gasteiger partial charge < -0.3 is 4.74 Å². The van der Waals surface area contributed by atoms with Crippen molar-refractivity contribution < 1.29 is 14.3 Å². The number of carbonyl (C=O) groups excluding carboxylic acids is 2. The number of amides is 2. The maximum absolute atomic E-state index is 12.6. The van der Waals surface area contributed by atoms with Crippen LogP contribution in [-0.4, -0.2) is 28.9 Å². The van der Waals surface area contributed by atoms with Crippen LogP contribution in [0.5, 0.6) is 0 Å². The molecule has 2 bridgehead atoms. The average molecular weight is 271 g/mol. The summed E-state index contributed by atoms with van der Waals surface area (Å²) in [6.07, 6.45) is 1.76. The number of benzene rings is 1. The van der Waals surface area contributed by atoms with Gasteiger partial charge in [-0.25, -0.2) is 0 Å². The third kappa shape index (κ3) is 1.45. The molecule has 3 aliphatic rings. The van der Waals surface area contributed by atoms with Crippen molar-refractivity contribution in [2.45, 2.75) is 38.0 Å². The van der Waals surface area contributed by atoms with Crippen LogP contribution < -0.4 is 0 Å². The maximum atomic E-state index is 12.6. The Labute approximate surface area is 117 Å². The van der Waals surface area contributed by atoms with E-state index in [1.54, 1.807) is 0 Å². The lowest BCUT2D eigenvalue weighted by Crippen LogP contribution is -2.36. The Morgan fingerprint density at radius 3 is 2.15 bits per heavy atom. The first-order valence-corrected chi connectivity index (χ1v) is 7.26. The fraction of sp³-hybridized carbons (Fsp3) is 0.500. The molecule has 1 aromatic rings. The van der Waals surface area contributed by atoms with Gasteiger partial charge in [0.2, 0.25) is 11.8 Å². The number of nitrogens with zero attached hydrogens (tertiary/aromatic N) is 1. The Hall–Kier alpha value is -1.68. The van der Waals surface area contributed by atoms with Crippen LogP contribution in [0.3, 0.4) is 0 Å². The lowest BCUT2D eigenvalue weighted by molar-refractivity contribution is -0.145. The van der Waals surface area contributed by atoms with Crippen molar-refractivity contribution in [2.24, 2.45) is 11.8 Å². The van der Waals surface area contributed by atoms with Gasteiger partial charge in [0.15, 0.2) is 0 Å². The van der Waals surface area contributed by atoms with E-state index >= 15 is 0 Å². The molecule has 0 spiro atoms. The van der Waals surface area contributed by atoms with Crippen molar-refractivity contribution in [3.8, 4) is 0 Å². The number of hydrogen-bond donors (Lipinski definition) is 0. The zero-order valence-corrected chi connectivity index (χ0v) is 11.4. The van der Waals surface area contributed by atoms with Crippen LogP contribution >= 0.6 is 0 Å². The summed E-state index contributed by atoms with van der Waals surface area (Å²) in [6, 6.07) is 9.54. The van der Waals surface area contributed by atoms with E-state index in [0.717, 1.165) is 18.4 Å². The number of likely N-dealkylation sites (tertiary alicyclic amines) is 1. The largest absolute Gasteiger partial charge is 0.373 e.